The standard InChI is InChI=1S/C18H23N7S/c1-13(9-22-18-23-11-16(26-3)12-24-18)8-20-17-5-4-15(10-21-17)25-7-6-19-14(25)2/h4-7,10-13H,8-9H2,1-3H3,(H,20,21)(H,22,23,24). The first-order valence-corrected chi connectivity index (χ1v) is 9.68. The lowest BCUT2D eigenvalue weighted by Crippen LogP contribution is -2.21. The van der Waals surface area contributed by atoms with Gasteiger partial charge in [-0.3, -0.25) is 0 Å². The van der Waals surface area contributed by atoms with Gasteiger partial charge in [-0.15, -0.1) is 11.8 Å². The maximum absolute atomic E-state index is 4.48. The molecule has 1 atom stereocenters. The van der Waals surface area contributed by atoms with Gasteiger partial charge >= 0.3 is 0 Å². The van der Waals surface area contributed by atoms with Crippen molar-refractivity contribution in [1.29, 1.82) is 0 Å². The number of nitrogens with zero attached hydrogens (tertiary/aromatic N) is 5. The second-order valence-electron chi connectivity index (χ2n) is 6.06. The molecule has 0 aliphatic heterocycles. The number of aromatic nitrogens is 5. The number of anilines is 2. The molecule has 8 heteroatoms. The van der Waals surface area contributed by atoms with Crippen LogP contribution < -0.4 is 10.6 Å². The van der Waals surface area contributed by atoms with Crippen molar-refractivity contribution in [1.82, 2.24) is 24.5 Å². The summed E-state index contributed by atoms with van der Waals surface area (Å²) in [6, 6.07) is 4.02. The van der Waals surface area contributed by atoms with Crippen LogP contribution in [0.25, 0.3) is 5.69 Å². The molecule has 0 saturated heterocycles. The first kappa shape index (κ1) is 18.2. The van der Waals surface area contributed by atoms with E-state index >= 15 is 0 Å². The quantitative estimate of drug-likeness (QED) is 0.590. The van der Waals surface area contributed by atoms with Crippen molar-refractivity contribution in [3.8, 4) is 5.69 Å². The molecule has 0 aliphatic rings. The fourth-order valence-electron chi connectivity index (χ4n) is 2.41. The SMILES string of the molecule is CSc1cnc(NCC(C)CNc2ccc(-n3ccnc3C)cn2)nc1. The minimum Gasteiger partial charge on any atom is -0.370 e. The molecule has 0 aromatic carbocycles. The molecule has 0 fully saturated rings. The van der Waals surface area contributed by atoms with Crippen LogP contribution in [0.2, 0.25) is 0 Å². The number of thioether (sulfide) groups is 1. The Bertz CT molecular complexity index is 814. The van der Waals surface area contributed by atoms with E-state index in [1.165, 1.54) is 0 Å². The van der Waals surface area contributed by atoms with Gasteiger partial charge in [-0.2, -0.15) is 0 Å². The Kier molecular flexibility index (Phi) is 6.06. The maximum atomic E-state index is 4.48. The molecular formula is C18H23N7S. The fraction of sp³-hybridized carbons (Fsp3) is 0.333. The van der Waals surface area contributed by atoms with E-state index < -0.39 is 0 Å². The summed E-state index contributed by atoms with van der Waals surface area (Å²) in [6.07, 6.45) is 11.2. The van der Waals surface area contributed by atoms with Gasteiger partial charge in [0.05, 0.1) is 11.9 Å². The summed E-state index contributed by atoms with van der Waals surface area (Å²) in [6.45, 7) is 5.74. The van der Waals surface area contributed by atoms with Crippen molar-refractivity contribution in [3.63, 3.8) is 0 Å². The molecule has 3 heterocycles. The highest BCUT2D eigenvalue weighted by molar-refractivity contribution is 7.98. The van der Waals surface area contributed by atoms with Crippen LogP contribution in [0.4, 0.5) is 11.8 Å². The highest BCUT2D eigenvalue weighted by atomic mass is 32.2. The molecular weight excluding hydrogens is 346 g/mol. The van der Waals surface area contributed by atoms with Crippen LogP contribution in [0.3, 0.4) is 0 Å². The van der Waals surface area contributed by atoms with Crippen molar-refractivity contribution in [2.75, 3.05) is 30.0 Å². The summed E-state index contributed by atoms with van der Waals surface area (Å²) in [5.74, 6) is 2.86. The smallest absolute Gasteiger partial charge is 0.222 e. The minimum atomic E-state index is 0.399. The van der Waals surface area contributed by atoms with Crippen molar-refractivity contribution >= 4 is 23.5 Å². The number of pyridine rings is 1. The first-order valence-electron chi connectivity index (χ1n) is 8.46. The lowest BCUT2D eigenvalue weighted by Gasteiger charge is -2.14. The second-order valence-corrected chi connectivity index (χ2v) is 6.94. The summed E-state index contributed by atoms with van der Waals surface area (Å²) >= 11 is 1.63. The molecule has 2 N–H and O–H groups in total. The third kappa shape index (κ3) is 4.72. The van der Waals surface area contributed by atoms with E-state index in [1.807, 2.05) is 54.7 Å². The van der Waals surface area contributed by atoms with Gasteiger partial charge in [-0.05, 0) is 31.2 Å². The van der Waals surface area contributed by atoms with E-state index in [1.54, 1.807) is 18.0 Å². The summed E-state index contributed by atoms with van der Waals surface area (Å²) in [4.78, 5) is 18.4. The Hall–Kier alpha value is -2.61. The van der Waals surface area contributed by atoms with E-state index in [4.69, 9.17) is 0 Å². The molecule has 7 nitrogen and oxygen atoms in total. The molecule has 0 aliphatic carbocycles. The molecule has 0 saturated carbocycles. The number of rotatable bonds is 8. The van der Waals surface area contributed by atoms with Crippen molar-refractivity contribution in [3.05, 3.63) is 48.9 Å². The predicted molar refractivity (Wildman–Crippen MR) is 106 cm³/mol. The number of hydrogen-bond donors (Lipinski definition) is 2. The van der Waals surface area contributed by atoms with Crippen molar-refractivity contribution in [2.24, 2.45) is 5.92 Å². The van der Waals surface area contributed by atoms with E-state index in [2.05, 4.69) is 37.5 Å². The zero-order valence-electron chi connectivity index (χ0n) is 15.2. The maximum Gasteiger partial charge on any atom is 0.222 e. The van der Waals surface area contributed by atoms with Gasteiger partial charge in [0, 0.05) is 42.8 Å². The zero-order valence-corrected chi connectivity index (χ0v) is 16.0. The van der Waals surface area contributed by atoms with Crippen molar-refractivity contribution < 1.29 is 0 Å². The topological polar surface area (TPSA) is 80.5 Å². The summed E-state index contributed by atoms with van der Waals surface area (Å²) in [5.41, 5.74) is 1.01. The Morgan fingerprint density at radius 1 is 1.04 bits per heavy atom. The van der Waals surface area contributed by atoms with Gasteiger partial charge < -0.3 is 15.2 Å². The third-order valence-corrected chi connectivity index (χ3v) is 4.64. The Labute approximate surface area is 157 Å². The highest BCUT2D eigenvalue weighted by Crippen LogP contribution is 2.13. The highest BCUT2D eigenvalue weighted by Gasteiger charge is 2.05. The van der Waals surface area contributed by atoms with Gasteiger partial charge in [0.15, 0.2) is 0 Å². The minimum absolute atomic E-state index is 0.399. The summed E-state index contributed by atoms with van der Waals surface area (Å²) < 4.78 is 2.01. The van der Waals surface area contributed by atoms with Crippen molar-refractivity contribution in [2.45, 2.75) is 18.7 Å². The van der Waals surface area contributed by atoms with E-state index in [-0.39, 0.29) is 0 Å². The van der Waals surface area contributed by atoms with Crippen LogP contribution in [0, 0.1) is 12.8 Å². The van der Waals surface area contributed by atoms with Gasteiger partial charge in [-0.25, -0.2) is 19.9 Å². The largest absolute Gasteiger partial charge is 0.370 e. The Morgan fingerprint density at radius 3 is 2.42 bits per heavy atom. The van der Waals surface area contributed by atoms with Gasteiger partial charge in [0.25, 0.3) is 0 Å². The van der Waals surface area contributed by atoms with Crippen LogP contribution in [-0.2, 0) is 0 Å². The molecule has 136 valence electrons. The molecule has 0 spiro atoms. The molecule has 1 unspecified atom stereocenters. The Balaban J connectivity index is 1.46. The molecule has 3 aromatic heterocycles. The van der Waals surface area contributed by atoms with Crippen LogP contribution in [0.15, 0.2) is 48.0 Å². The monoisotopic (exact) mass is 369 g/mol. The van der Waals surface area contributed by atoms with Crippen LogP contribution in [0.5, 0.6) is 0 Å². The Morgan fingerprint density at radius 2 is 1.81 bits per heavy atom. The molecule has 3 rings (SSSR count). The average Bonchev–Trinajstić information content (AvgIpc) is 3.11. The van der Waals surface area contributed by atoms with E-state index in [9.17, 15) is 0 Å². The number of hydrogen-bond acceptors (Lipinski definition) is 7. The molecule has 0 amide bonds. The number of imidazole rings is 1. The van der Waals surface area contributed by atoms with Crippen LogP contribution in [0.1, 0.15) is 12.7 Å². The normalized spacial score (nSPS) is 12.0. The van der Waals surface area contributed by atoms with Crippen LogP contribution in [-0.4, -0.2) is 43.8 Å². The molecule has 3 aromatic rings. The predicted octanol–water partition coefficient (Wildman–Crippen LogP) is 3.25. The van der Waals surface area contributed by atoms with Gasteiger partial charge in [-0.1, -0.05) is 6.92 Å². The second kappa shape index (κ2) is 8.66. The molecule has 0 bridgehead atoms. The van der Waals surface area contributed by atoms with E-state index in [0.717, 1.165) is 35.3 Å². The number of nitrogens with one attached hydrogen (secondary N) is 2. The lowest BCUT2D eigenvalue weighted by atomic mass is 10.2. The first-order chi connectivity index (χ1) is 12.7. The van der Waals surface area contributed by atoms with Crippen LogP contribution >= 0.6 is 11.8 Å². The average molecular weight is 369 g/mol. The summed E-state index contributed by atoms with van der Waals surface area (Å²) in [5, 5.41) is 6.63. The fourth-order valence-corrected chi connectivity index (χ4v) is 2.73. The van der Waals surface area contributed by atoms with Gasteiger partial charge in [0.2, 0.25) is 5.95 Å². The molecule has 26 heavy (non-hydrogen) atoms. The van der Waals surface area contributed by atoms with Gasteiger partial charge in [0.1, 0.15) is 11.6 Å². The van der Waals surface area contributed by atoms with E-state index in [0.29, 0.717) is 11.9 Å². The zero-order chi connectivity index (χ0) is 18.4. The lowest BCUT2D eigenvalue weighted by molar-refractivity contribution is 0.644. The molecule has 0 radical (unpaired) electrons. The summed E-state index contributed by atoms with van der Waals surface area (Å²) in [7, 11) is 0. The third-order valence-electron chi connectivity index (χ3n) is 3.96. The number of aryl methyl sites for hydroxylation is 1.